The van der Waals surface area contributed by atoms with Crippen LogP contribution in [0.5, 0.6) is 0 Å². The number of thiol groups is 1. The van der Waals surface area contributed by atoms with Crippen molar-refractivity contribution in [1.29, 1.82) is 0 Å². The predicted octanol–water partition coefficient (Wildman–Crippen LogP) is 2.76. The zero-order chi connectivity index (χ0) is 8.69. The van der Waals surface area contributed by atoms with E-state index in [1.54, 1.807) is 0 Å². The Morgan fingerprint density at radius 2 is 2.00 bits per heavy atom. The molecule has 0 aromatic heterocycles. The van der Waals surface area contributed by atoms with Crippen LogP contribution in [0.25, 0.3) is 0 Å². The summed E-state index contributed by atoms with van der Waals surface area (Å²) in [6.07, 6.45) is 2.79. The maximum absolute atomic E-state index is 5.59. The molecule has 0 aliphatic heterocycles. The summed E-state index contributed by atoms with van der Waals surface area (Å²) in [5.74, 6) is 1.50. The normalized spacial score (nSPS) is 16.4. The average Bonchev–Trinajstić information content (AvgIpc) is 2.01. The van der Waals surface area contributed by atoms with Gasteiger partial charge in [-0.05, 0) is 25.0 Å². The van der Waals surface area contributed by atoms with E-state index < -0.39 is 0 Å². The molecule has 0 saturated carbocycles. The van der Waals surface area contributed by atoms with Gasteiger partial charge in [0.05, 0.1) is 12.7 Å². The highest BCUT2D eigenvalue weighted by Crippen LogP contribution is 2.04. The highest BCUT2D eigenvalue weighted by Gasteiger charge is 2.03. The van der Waals surface area contributed by atoms with Gasteiger partial charge in [-0.25, -0.2) is 0 Å². The van der Waals surface area contributed by atoms with Crippen LogP contribution in [0.1, 0.15) is 33.6 Å². The van der Waals surface area contributed by atoms with E-state index in [0.717, 1.165) is 12.4 Å². The standard InChI is InChI=1S/C9H20OS/c1-4-5-9(3)10-6-8(2)7-11/h8-9,11H,4-7H2,1-3H3. The average molecular weight is 176 g/mol. The Bertz CT molecular complexity index is 85.6. The first kappa shape index (κ1) is 11.3. The van der Waals surface area contributed by atoms with Gasteiger partial charge in [0.25, 0.3) is 0 Å². The van der Waals surface area contributed by atoms with Gasteiger partial charge in [-0.15, -0.1) is 0 Å². The predicted molar refractivity (Wildman–Crippen MR) is 53.3 cm³/mol. The molecule has 0 spiro atoms. The molecule has 2 heteroatoms. The zero-order valence-corrected chi connectivity index (χ0v) is 8.73. The molecule has 0 amide bonds. The minimum Gasteiger partial charge on any atom is -0.378 e. The Labute approximate surface area is 75.9 Å². The Balaban J connectivity index is 3.22. The molecule has 0 fully saturated rings. The molecule has 1 nitrogen and oxygen atoms in total. The molecule has 0 radical (unpaired) electrons. The van der Waals surface area contributed by atoms with Crippen molar-refractivity contribution >= 4 is 12.6 Å². The first-order valence-corrected chi connectivity index (χ1v) is 5.06. The van der Waals surface area contributed by atoms with Gasteiger partial charge in [-0.3, -0.25) is 0 Å². The maximum atomic E-state index is 5.59. The van der Waals surface area contributed by atoms with Crippen molar-refractivity contribution in [2.75, 3.05) is 12.4 Å². The molecule has 0 rings (SSSR count). The molecule has 68 valence electrons. The molecular weight excluding hydrogens is 156 g/mol. The van der Waals surface area contributed by atoms with Crippen molar-refractivity contribution in [1.82, 2.24) is 0 Å². The molecule has 0 saturated heterocycles. The number of hydrogen-bond acceptors (Lipinski definition) is 2. The molecule has 0 aromatic carbocycles. The topological polar surface area (TPSA) is 9.23 Å². The van der Waals surface area contributed by atoms with Crippen LogP contribution in [0.3, 0.4) is 0 Å². The second-order valence-electron chi connectivity index (χ2n) is 3.22. The van der Waals surface area contributed by atoms with E-state index in [1.807, 2.05) is 0 Å². The van der Waals surface area contributed by atoms with E-state index in [2.05, 4.69) is 33.4 Å². The van der Waals surface area contributed by atoms with Gasteiger partial charge in [0, 0.05) is 0 Å². The van der Waals surface area contributed by atoms with Crippen molar-refractivity contribution in [3.8, 4) is 0 Å². The van der Waals surface area contributed by atoms with Crippen LogP contribution in [0.4, 0.5) is 0 Å². The molecule has 0 aliphatic carbocycles. The van der Waals surface area contributed by atoms with E-state index in [0.29, 0.717) is 12.0 Å². The molecule has 2 unspecified atom stereocenters. The maximum Gasteiger partial charge on any atom is 0.0547 e. The van der Waals surface area contributed by atoms with E-state index in [1.165, 1.54) is 12.8 Å². The van der Waals surface area contributed by atoms with Gasteiger partial charge in [-0.1, -0.05) is 20.3 Å². The minimum absolute atomic E-state index is 0.419. The van der Waals surface area contributed by atoms with Crippen molar-refractivity contribution in [2.24, 2.45) is 5.92 Å². The zero-order valence-electron chi connectivity index (χ0n) is 7.84. The summed E-state index contributed by atoms with van der Waals surface area (Å²) in [6.45, 7) is 7.33. The van der Waals surface area contributed by atoms with Gasteiger partial charge in [0.15, 0.2) is 0 Å². The van der Waals surface area contributed by atoms with Crippen LogP contribution in [-0.2, 0) is 4.74 Å². The Kier molecular flexibility index (Phi) is 7.18. The van der Waals surface area contributed by atoms with Gasteiger partial charge in [-0.2, -0.15) is 12.6 Å². The highest BCUT2D eigenvalue weighted by atomic mass is 32.1. The fourth-order valence-corrected chi connectivity index (χ4v) is 0.977. The Morgan fingerprint density at radius 3 is 2.45 bits per heavy atom. The summed E-state index contributed by atoms with van der Waals surface area (Å²) < 4.78 is 5.59. The fraction of sp³-hybridized carbons (Fsp3) is 1.00. The molecule has 0 aromatic rings. The molecule has 0 aliphatic rings. The van der Waals surface area contributed by atoms with Gasteiger partial charge in [0.2, 0.25) is 0 Å². The van der Waals surface area contributed by atoms with Crippen LogP contribution in [0.2, 0.25) is 0 Å². The lowest BCUT2D eigenvalue weighted by Crippen LogP contribution is -2.14. The third kappa shape index (κ3) is 6.70. The summed E-state index contributed by atoms with van der Waals surface area (Å²) >= 11 is 4.19. The first-order valence-electron chi connectivity index (χ1n) is 4.43. The smallest absolute Gasteiger partial charge is 0.0547 e. The van der Waals surface area contributed by atoms with Crippen molar-refractivity contribution in [3.63, 3.8) is 0 Å². The van der Waals surface area contributed by atoms with Crippen LogP contribution >= 0.6 is 12.6 Å². The molecule has 2 atom stereocenters. The summed E-state index contributed by atoms with van der Waals surface area (Å²) in [6, 6.07) is 0. The number of hydrogen-bond donors (Lipinski definition) is 1. The van der Waals surface area contributed by atoms with E-state index in [4.69, 9.17) is 4.74 Å². The summed E-state index contributed by atoms with van der Waals surface area (Å²) in [4.78, 5) is 0. The van der Waals surface area contributed by atoms with Crippen molar-refractivity contribution < 1.29 is 4.74 Å². The lowest BCUT2D eigenvalue weighted by molar-refractivity contribution is 0.0430. The lowest BCUT2D eigenvalue weighted by Gasteiger charge is -2.14. The monoisotopic (exact) mass is 176 g/mol. The number of rotatable bonds is 6. The van der Waals surface area contributed by atoms with Crippen LogP contribution < -0.4 is 0 Å². The minimum atomic E-state index is 0.419. The Hall–Kier alpha value is 0.310. The molecular formula is C9H20OS. The fourth-order valence-electron chi connectivity index (χ4n) is 0.871. The Morgan fingerprint density at radius 1 is 1.36 bits per heavy atom. The van der Waals surface area contributed by atoms with Crippen molar-refractivity contribution in [3.05, 3.63) is 0 Å². The molecule has 0 heterocycles. The summed E-state index contributed by atoms with van der Waals surface area (Å²) in [5.41, 5.74) is 0. The SMILES string of the molecule is CCCC(C)OCC(C)CS. The molecule has 0 N–H and O–H groups in total. The largest absolute Gasteiger partial charge is 0.378 e. The third-order valence-electron chi connectivity index (χ3n) is 1.67. The van der Waals surface area contributed by atoms with E-state index in [-0.39, 0.29) is 0 Å². The first-order chi connectivity index (χ1) is 5.20. The lowest BCUT2D eigenvalue weighted by atomic mass is 10.2. The number of ether oxygens (including phenoxy) is 1. The summed E-state index contributed by atoms with van der Waals surface area (Å²) in [7, 11) is 0. The van der Waals surface area contributed by atoms with Crippen molar-refractivity contribution in [2.45, 2.75) is 39.7 Å². The van der Waals surface area contributed by atoms with Crippen LogP contribution in [0, 0.1) is 5.92 Å². The van der Waals surface area contributed by atoms with Gasteiger partial charge in [0.1, 0.15) is 0 Å². The second kappa shape index (κ2) is 6.99. The molecule has 11 heavy (non-hydrogen) atoms. The van der Waals surface area contributed by atoms with E-state index in [9.17, 15) is 0 Å². The quantitative estimate of drug-likeness (QED) is 0.612. The van der Waals surface area contributed by atoms with Gasteiger partial charge < -0.3 is 4.74 Å². The third-order valence-corrected chi connectivity index (χ3v) is 2.30. The second-order valence-corrected chi connectivity index (χ2v) is 3.59. The molecule has 0 bridgehead atoms. The van der Waals surface area contributed by atoms with Crippen LogP contribution in [-0.4, -0.2) is 18.5 Å². The summed E-state index contributed by atoms with van der Waals surface area (Å²) in [5, 5.41) is 0. The van der Waals surface area contributed by atoms with Gasteiger partial charge >= 0.3 is 0 Å². The van der Waals surface area contributed by atoms with E-state index >= 15 is 0 Å². The highest BCUT2D eigenvalue weighted by molar-refractivity contribution is 7.80. The van der Waals surface area contributed by atoms with Crippen LogP contribution in [0.15, 0.2) is 0 Å².